The van der Waals surface area contributed by atoms with Gasteiger partial charge in [-0.25, -0.2) is 13.2 Å². The zero-order valence-corrected chi connectivity index (χ0v) is 8.23. The molecule has 0 bridgehead atoms. The van der Waals surface area contributed by atoms with E-state index in [2.05, 4.69) is 4.98 Å². The van der Waals surface area contributed by atoms with Crippen LogP contribution in [0.15, 0.2) is 6.20 Å². The maximum atomic E-state index is 13.1. The smallest absolute Gasteiger partial charge is 0.252 e. The van der Waals surface area contributed by atoms with Crippen molar-refractivity contribution in [1.82, 2.24) is 4.98 Å². The van der Waals surface area contributed by atoms with E-state index in [1.165, 1.54) is 0 Å². The van der Waals surface area contributed by atoms with Crippen molar-refractivity contribution < 1.29 is 13.2 Å². The Morgan fingerprint density at radius 3 is 2.60 bits per heavy atom. The summed E-state index contributed by atoms with van der Waals surface area (Å²) in [4.78, 5) is 3.27. The van der Waals surface area contributed by atoms with Gasteiger partial charge in [-0.1, -0.05) is 0 Å². The molecular weight excluding hydrogens is 229 g/mol. The third-order valence-electron chi connectivity index (χ3n) is 1.87. The summed E-state index contributed by atoms with van der Waals surface area (Å²) in [5, 5.41) is 8.45. The lowest BCUT2D eigenvalue weighted by atomic mass is 10.0. The predicted molar refractivity (Wildman–Crippen MR) is 48.0 cm³/mol. The van der Waals surface area contributed by atoms with Crippen LogP contribution in [0.5, 0.6) is 0 Å². The highest BCUT2D eigenvalue weighted by atomic mass is 35.5. The summed E-state index contributed by atoms with van der Waals surface area (Å²) in [6.07, 6.45) is -2.47. The molecule has 0 radical (unpaired) electrons. The predicted octanol–water partition coefficient (Wildman–Crippen LogP) is 2.96. The summed E-state index contributed by atoms with van der Waals surface area (Å²) in [7, 11) is 0. The fraction of sp³-hybridized carbons (Fsp3) is 0.333. The molecule has 0 fully saturated rings. The zero-order valence-electron chi connectivity index (χ0n) is 7.48. The van der Waals surface area contributed by atoms with Gasteiger partial charge in [0.25, 0.3) is 6.43 Å². The molecule has 0 unspecified atom stereocenters. The molecular formula is C9H6ClF3N2. The first-order valence-corrected chi connectivity index (χ1v) is 4.52. The lowest BCUT2D eigenvalue weighted by Crippen LogP contribution is -2.05. The first-order chi connectivity index (χ1) is 7.11. The van der Waals surface area contributed by atoms with Gasteiger partial charge in [0, 0.05) is 11.1 Å². The number of nitriles is 1. The second kappa shape index (κ2) is 4.99. The first kappa shape index (κ1) is 11.8. The maximum absolute atomic E-state index is 13.1. The average Bonchev–Trinajstić information content (AvgIpc) is 2.18. The second-order valence-corrected chi connectivity index (χ2v) is 2.98. The molecule has 1 aromatic heterocycles. The number of nitrogens with zero attached hydrogens (tertiary/aromatic N) is 2. The summed E-state index contributed by atoms with van der Waals surface area (Å²) in [6, 6.07) is 1.68. The summed E-state index contributed by atoms with van der Waals surface area (Å²) in [6.45, 7) is 0. The van der Waals surface area contributed by atoms with Crippen LogP contribution in [0.1, 0.15) is 23.2 Å². The molecule has 1 rings (SSSR count). The number of hydrogen-bond donors (Lipinski definition) is 0. The fourth-order valence-electron chi connectivity index (χ4n) is 1.19. The van der Waals surface area contributed by atoms with Crippen LogP contribution in [0, 0.1) is 17.1 Å². The average molecular weight is 235 g/mol. The van der Waals surface area contributed by atoms with E-state index in [1.54, 1.807) is 6.07 Å². The van der Waals surface area contributed by atoms with Gasteiger partial charge in [-0.15, -0.1) is 11.6 Å². The Morgan fingerprint density at radius 2 is 2.13 bits per heavy atom. The number of halogens is 4. The first-order valence-electron chi connectivity index (χ1n) is 3.99. The van der Waals surface area contributed by atoms with E-state index < -0.39 is 17.9 Å². The van der Waals surface area contributed by atoms with Crippen LogP contribution >= 0.6 is 11.6 Å². The summed E-state index contributed by atoms with van der Waals surface area (Å²) >= 11 is 5.43. The molecule has 0 aliphatic carbocycles. The van der Waals surface area contributed by atoms with E-state index in [-0.39, 0.29) is 23.4 Å². The SMILES string of the molecule is N#CCc1c(C(F)F)ncc(F)c1CCl. The van der Waals surface area contributed by atoms with Crippen LogP contribution in [-0.2, 0) is 12.3 Å². The van der Waals surface area contributed by atoms with Crippen LogP contribution in [0.2, 0.25) is 0 Å². The summed E-state index contributed by atoms with van der Waals surface area (Å²) in [5.74, 6) is -1.02. The Kier molecular flexibility index (Phi) is 3.92. The maximum Gasteiger partial charge on any atom is 0.280 e. The molecule has 0 aliphatic heterocycles. The second-order valence-electron chi connectivity index (χ2n) is 2.72. The third-order valence-corrected chi connectivity index (χ3v) is 2.14. The molecule has 0 spiro atoms. The van der Waals surface area contributed by atoms with Crippen molar-refractivity contribution >= 4 is 11.6 Å². The molecule has 80 valence electrons. The Balaban J connectivity index is 3.36. The van der Waals surface area contributed by atoms with Crippen molar-refractivity contribution in [3.63, 3.8) is 0 Å². The van der Waals surface area contributed by atoms with Gasteiger partial charge in [0.05, 0.1) is 24.6 Å². The molecule has 2 nitrogen and oxygen atoms in total. The van der Waals surface area contributed by atoms with Gasteiger partial charge >= 0.3 is 0 Å². The number of rotatable bonds is 3. The van der Waals surface area contributed by atoms with Crippen molar-refractivity contribution in [2.45, 2.75) is 18.7 Å². The van der Waals surface area contributed by atoms with E-state index in [0.717, 1.165) is 0 Å². The highest BCUT2D eigenvalue weighted by Gasteiger charge is 2.20. The topological polar surface area (TPSA) is 36.7 Å². The lowest BCUT2D eigenvalue weighted by molar-refractivity contribution is 0.144. The van der Waals surface area contributed by atoms with E-state index in [4.69, 9.17) is 16.9 Å². The van der Waals surface area contributed by atoms with Gasteiger partial charge in [-0.3, -0.25) is 4.98 Å². The van der Waals surface area contributed by atoms with E-state index in [1.807, 2.05) is 0 Å². The summed E-state index contributed by atoms with van der Waals surface area (Å²) < 4.78 is 38.0. The monoisotopic (exact) mass is 234 g/mol. The van der Waals surface area contributed by atoms with Crippen molar-refractivity contribution in [3.05, 3.63) is 28.8 Å². The molecule has 0 saturated carbocycles. The van der Waals surface area contributed by atoms with Gasteiger partial charge in [0.1, 0.15) is 11.5 Å². The Bertz CT molecular complexity index is 401. The highest BCUT2D eigenvalue weighted by Crippen LogP contribution is 2.26. The van der Waals surface area contributed by atoms with Gasteiger partial charge in [0.15, 0.2) is 0 Å². The standard InChI is InChI=1S/C9H6ClF3N2/c10-3-6-5(1-2-14)8(9(12)13)15-4-7(6)11/h4,9H,1,3H2. The molecule has 0 N–H and O–H groups in total. The van der Waals surface area contributed by atoms with Gasteiger partial charge in [0.2, 0.25) is 0 Å². The molecule has 0 amide bonds. The molecule has 0 saturated heterocycles. The third kappa shape index (κ3) is 2.39. The Morgan fingerprint density at radius 1 is 1.47 bits per heavy atom. The molecule has 0 aromatic carbocycles. The number of aromatic nitrogens is 1. The minimum atomic E-state index is -2.84. The van der Waals surface area contributed by atoms with E-state index in [0.29, 0.717) is 6.20 Å². The number of pyridine rings is 1. The molecule has 0 aliphatic rings. The normalized spacial score (nSPS) is 10.4. The largest absolute Gasteiger partial charge is 0.280 e. The number of hydrogen-bond acceptors (Lipinski definition) is 2. The van der Waals surface area contributed by atoms with Crippen molar-refractivity contribution in [3.8, 4) is 6.07 Å². The van der Waals surface area contributed by atoms with Gasteiger partial charge in [-0.05, 0) is 0 Å². The van der Waals surface area contributed by atoms with Crippen LogP contribution in [0.25, 0.3) is 0 Å². The van der Waals surface area contributed by atoms with Crippen LogP contribution in [0.3, 0.4) is 0 Å². The molecule has 6 heteroatoms. The fourth-order valence-corrected chi connectivity index (χ4v) is 1.48. The molecule has 1 aromatic rings. The van der Waals surface area contributed by atoms with E-state index in [9.17, 15) is 13.2 Å². The van der Waals surface area contributed by atoms with Crippen molar-refractivity contribution in [2.24, 2.45) is 0 Å². The Hall–Kier alpha value is -1.28. The van der Waals surface area contributed by atoms with Crippen molar-refractivity contribution in [2.75, 3.05) is 0 Å². The molecule has 1 heterocycles. The van der Waals surface area contributed by atoms with Crippen LogP contribution in [0.4, 0.5) is 13.2 Å². The minimum absolute atomic E-state index is 0.0801. The van der Waals surface area contributed by atoms with Crippen LogP contribution < -0.4 is 0 Å². The van der Waals surface area contributed by atoms with Crippen LogP contribution in [-0.4, -0.2) is 4.98 Å². The number of alkyl halides is 3. The Labute approximate surface area is 89.3 Å². The highest BCUT2D eigenvalue weighted by molar-refractivity contribution is 6.17. The van der Waals surface area contributed by atoms with E-state index >= 15 is 0 Å². The summed E-state index contributed by atoms with van der Waals surface area (Å²) in [5.41, 5.74) is -0.764. The zero-order chi connectivity index (χ0) is 11.4. The van der Waals surface area contributed by atoms with Gasteiger partial charge in [-0.2, -0.15) is 5.26 Å². The molecule has 0 atom stereocenters. The van der Waals surface area contributed by atoms with Gasteiger partial charge < -0.3 is 0 Å². The lowest BCUT2D eigenvalue weighted by Gasteiger charge is -2.09. The quantitative estimate of drug-likeness (QED) is 0.754. The molecule has 15 heavy (non-hydrogen) atoms. The van der Waals surface area contributed by atoms with Crippen molar-refractivity contribution in [1.29, 1.82) is 5.26 Å². The minimum Gasteiger partial charge on any atom is -0.252 e.